The van der Waals surface area contributed by atoms with Crippen molar-refractivity contribution in [1.82, 2.24) is 9.97 Å². The first-order valence-electron chi connectivity index (χ1n) is 13.3. The van der Waals surface area contributed by atoms with Gasteiger partial charge in [0.2, 0.25) is 5.91 Å². The van der Waals surface area contributed by atoms with Crippen LogP contribution >= 0.6 is 11.8 Å². The molecule has 3 rings (SSSR count). The van der Waals surface area contributed by atoms with Crippen LogP contribution in [0.25, 0.3) is 0 Å². The molecule has 204 valence electrons. The zero-order valence-electron chi connectivity index (χ0n) is 23.5. The Morgan fingerprint density at radius 1 is 1.03 bits per heavy atom. The number of amides is 1. The number of thioether (sulfide) groups is 1. The number of aromatic nitrogens is 2. The van der Waals surface area contributed by atoms with Crippen LogP contribution in [0.2, 0.25) is 0 Å². The number of hydrogen-bond donors (Lipinski definition) is 1. The fraction of sp³-hybridized carbons (Fsp3) is 0.452. The normalized spacial score (nSPS) is 12.2. The minimum Gasteiger partial charge on any atom is -0.497 e. The number of unbranched alkanes of at least 4 members (excludes halogenated alkanes) is 2. The van der Waals surface area contributed by atoms with Gasteiger partial charge in [-0.3, -0.25) is 4.79 Å². The fourth-order valence-electron chi connectivity index (χ4n) is 4.54. The highest BCUT2D eigenvalue weighted by molar-refractivity contribution is 7.98. The summed E-state index contributed by atoms with van der Waals surface area (Å²) in [5, 5.41) is 4.00. The van der Waals surface area contributed by atoms with Gasteiger partial charge < -0.3 is 14.8 Å². The van der Waals surface area contributed by atoms with Crippen molar-refractivity contribution >= 4 is 23.4 Å². The Kier molecular flexibility index (Phi) is 11.0. The molecule has 1 heterocycles. The quantitative estimate of drug-likeness (QED) is 0.137. The summed E-state index contributed by atoms with van der Waals surface area (Å²) in [4.78, 5) is 22.1. The number of nitrogens with zero attached hydrogens (tertiary/aromatic N) is 2. The van der Waals surface area contributed by atoms with Gasteiger partial charge in [-0.1, -0.05) is 76.9 Å². The standard InChI is InChI=1S/C31H41N3O3S/c1-7-8-9-11-23(25-14-13-24(36-5)20-28(25)37-6)19-29(35)34-27-18-22(12-15-26(27)31(2,3)4)21-38-30-32-16-10-17-33-30/h10,12-18,20,23H,7-9,11,19,21H2,1-6H3,(H,34,35). The minimum atomic E-state index is -0.115. The van der Waals surface area contributed by atoms with Gasteiger partial charge in [0, 0.05) is 36.3 Å². The molecule has 7 heteroatoms. The Balaban J connectivity index is 1.82. The maximum absolute atomic E-state index is 13.5. The van der Waals surface area contributed by atoms with Crippen molar-refractivity contribution in [1.29, 1.82) is 0 Å². The topological polar surface area (TPSA) is 73.3 Å². The van der Waals surface area contributed by atoms with E-state index in [0.29, 0.717) is 6.42 Å². The number of nitrogens with one attached hydrogen (secondary N) is 1. The molecule has 0 fully saturated rings. The molecule has 0 aliphatic rings. The Hall–Kier alpha value is -3.06. The lowest BCUT2D eigenvalue weighted by atomic mass is 9.85. The van der Waals surface area contributed by atoms with Gasteiger partial charge in [-0.2, -0.15) is 0 Å². The average Bonchev–Trinajstić information content (AvgIpc) is 2.91. The molecule has 2 aromatic carbocycles. The van der Waals surface area contributed by atoms with E-state index in [9.17, 15) is 4.79 Å². The molecular formula is C31H41N3O3S. The second-order valence-corrected chi connectivity index (χ2v) is 11.4. The Labute approximate surface area is 232 Å². The SMILES string of the molecule is CCCCCC(CC(=O)Nc1cc(CSc2ncccn2)ccc1C(C)(C)C)c1ccc(OC)cc1OC. The monoisotopic (exact) mass is 535 g/mol. The fourth-order valence-corrected chi connectivity index (χ4v) is 5.28. The van der Waals surface area contributed by atoms with Crippen LogP contribution in [0.1, 0.15) is 82.4 Å². The van der Waals surface area contributed by atoms with E-state index < -0.39 is 0 Å². The number of methoxy groups -OCH3 is 2. The van der Waals surface area contributed by atoms with Crippen molar-refractivity contribution in [3.8, 4) is 11.5 Å². The smallest absolute Gasteiger partial charge is 0.224 e. The van der Waals surface area contributed by atoms with Crippen LogP contribution in [0, 0.1) is 0 Å². The molecule has 0 aliphatic heterocycles. The van der Waals surface area contributed by atoms with Crippen molar-refractivity contribution in [2.75, 3.05) is 19.5 Å². The Bertz CT molecular complexity index is 1180. The van der Waals surface area contributed by atoms with Gasteiger partial charge in [0.25, 0.3) is 0 Å². The van der Waals surface area contributed by atoms with Crippen LogP contribution < -0.4 is 14.8 Å². The van der Waals surface area contributed by atoms with Gasteiger partial charge in [-0.15, -0.1) is 0 Å². The van der Waals surface area contributed by atoms with Crippen LogP contribution in [0.4, 0.5) is 5.69 Å². The first kappa shape index (κ1) is 29.5. The average molecular weight is 536 g/mol. The zero-order valence-corrected chi connectivity index (χ0v) is 24.4. The summed E-state index contributed by atoms with van der Waals surface area (Å²) in [7, 11) is 3.31. The third kappa shape index (κ3) is 8.48. The lowest BCUT2D eigenvalue weighted by Crippen LogP contribution is -2.21. The molecule has 38 heavy (non-hydrogen) atoms. The largest absolute Gasteiger partial charge is 0.497 e. The molecule has 1 atom stereocenters. The van der Waals surface area contributed by atoms with E-state index in [1.807, 2.05) is 24.3 Å². The minimum absolute atomic E-state index is 0.00562. The number of ether oxygens (including phenoxy) is 2. The summed E-state index contributed by atoms with van der Waals surface area (Å²) in [5.41, 5.74) is 4.02. The summed E-state index contributed by atoms with van der Waals surface area (Å²) in [6.45, 7) is 8.69. The van der Waals surface area contributed by atoms with Gasteiger partial charge in [0.15, 0.2) is 5.16 Å². The van der Waals surface area contributed by atoms with Crippen LogP contribution in [0.15, 0.2) is 60.0 Å². The first-order chi connectivity index (χ1) is 18.2. The van der Waals surface area contributed by atoms with Crippen molar-refractivity contribution < 1.29 is 14.3 Å². The molecule has 0 saturated carbocycles. The summed E-state index contributed by atoms with van der Waals surface area (Å²) in [6.07, 6.45) is 8.13. The highest BCUT2D eigenvalue weighted by Gasteiger charge is 2.23. The Morgan fingerprint density at radius 2 is 1.79 bits per heavy atom. The molecule has 1 aromatic heterocycles. The number of hydrogen-bond acceptors (Lipinski definition) is 6. The Morgan fingerprint density at radius 3 is 2.45 bits per heavy atom. The summed E-state index contributed by atoms with van der Waals surface area (Å²) in [6, 6.07) is 14.0. The predicted octanol–water partition coefficient (Wildman–Crippen LogP) is 7.78. The molecule has 0 spiro atoms. The third-order valence-electron chi connectivity index (χ3n) is 6.54. The lowest BCUT2D eigenvalue weighted by molar-refractivity contribution is -0.116. The lowest BCUT2D eigenvalue weighted by Gasteiger charge is -2.25. The van der Waals surface area contributed by atoms with E-state index in [4.69, 9.17) is 9.47 Å². The van der Waals surface area contributed by atoms with Gasteiger partial charge in [-0.05, 0) is 52.6 Å². The second-order valence-electron chi connectivity index (χ2n) is 10.5. The van der Waals surface area contributed by atoms with Crippen LogP contribution in [0.5, 0.6) is 11.5 Å². The molecule has 0 saturated heterocycles. The zero-order chi connectivity index (χ0) is 27.5. The van der Waals surface area contributed by atoms with Gasteiger partial charge in [-0.25, -0.2) is 9.97 Å². The van der Waals surface area contributed by atoms with E-state index in [1.165, 1.54) is 0 Å². The molecule has 3 aromatic rings. The van der Waals surface area contributed by atoms with E-state index in [-0.39, 0.29) is 17.2 Å². The van der Waals surface area contributed by atoms with E-state index >= 15 is 0 Å². The van der Waals surface area contributed by atoms with Crippen molar-refractivity contribution in [3.05, 3.63) is 71.5 Å². The van der Waals surface area contributed by atoms with Crippen molar-refractivity contribution in [2.45, 2.75) is 82.0 Å². The third-order valence-corrected chi connectivity index (χ3v) is 7.49. The van der Waals surface area contributed by atoms with E-state index in [2.05, 4.69) is 61.2 Å². The molecule has 0 bridgehead atoms. The first-order valence-corrected chi connectivity index (χ1v) is 14.3. The van der Waals surface area contributed by atoms with Gasteiger partial charge in [0.05, 0.1) is 14.2 Å². The number of carbonyl (C=O) groups excluding carboxylic acids is 1. The van der Waals surface area contributed by atoms with Crippen LogP contribution in [0.3, 0.4) is 0 Å². The van der Waals surface area contributed by atoms with Crippen LogP contribution in [-0.4, -0.2) is 30.1 Å². The number of anilines is 1. The molecule has 1 unspecified atom stereocenters. The van der Waals surface area contributed by atoms with Crippen LogP contribution in [-0.2, 0) is 16.0 Å². The van der Waals surface area contributed by atoms with E-state index in [1.54, 1.807) is 38.4 Å². The maximum Gasteiger partial charge on any atom is 0.224 e. The van der Waals surface area contributed by atoms with Crippen molar-refractivity contribution in [2.24, 2.45) is 0 Å². The number of carbonyl (C=O) groups is 1. The second kappa shape index (κ2) is 14.2. The molecule has 0 aliphatic carbocycles. The summed E-state index contributed by atoms with van der Waals surface area (Å²) in [5.74, 6) is 2.28. The highest BCUT2D eigenvalue weighted by atomic mass is 32.2. The van der Waals surface area contributed by atoms with Gasteiger partial charge >= 0.3 is 0 Å². The number of rotatable bonds is 13. The molecular weight excluding hydrogens is 494 g/mol. The highest BCUT2D eigenvalue weighted by Crippen LogP contribution is 2.37. The summed E-state index contributed by atoms with van der Waals surface area (Å²) >= 11 is 1.58. The van der Waals surface area contributed by atoms with Crippen molar-refractivity contribution in [3.63, 3.8) is 0 Å². The van der Waals surface area contributed by atoms with E-state index in [0.717, 1.165) is 70.5 Å². The molecule has 6 nitrogen and oxygen atoms in total. The summed E-state index contributed by atoms with van der Waals surface area (Å²) < 4.78 is 11.1. The predicted molar refractivity (Wildman–Crippen MR) is 156 cm³/mol. The molecule has 0 radical (unpaired) electrons. The number of benzene rings is 2. The molecule has 1 amide bonds. The maximum atomic E-state index is 13.5. The van der Waals surface area contributed by atoms with Gasteiger partial charge in [0.1, 0.15) is 11.5 Å². The molecule has 1 N–H and O–H groups in total.